The number of nitrogens with one attached hydrogen (secondary N) is 2. The lowest BCUT2D eigenvalue weighted by Crippen LogP contribution is -2.27. The summed E-state index contributed by atoms with van der Waals surface area (Å²) in [6, 6.07) is 5.86. The van der Waals surface area contributed by atoms with Gasteiger partial charge < -0.3 is 10.1 Å². The number of hydrogen-bond acceptors (Lipinski definition) is 4. The summed E-state index contributed by atoms with van der Waals surface area (Å²) in [5.41, 5.74) is 2.14. The monoisotopic (exact) mass is 298 g/mol. The highest BCUT2D eigenvalue weighted by Gasteiger charge is 2.21. The van der Waals surface area contributed by atoms with Gasteiger partial charge in [-0.3, -0.25) is 0 Å². The molecule has 0 amide bonds. The molecule has 6 heteroatoms. The second-order valence-corrected chi connectivity index (χ2v) is 6.90. The minimum absolute atomic E-state index is 0.280. The van der Waals surface area contributed by atoms with Crippen molar-refractivity contribution in [2.75, 3.05) is 20.3 Å². The van der Waals surface area contributed by atoms with Crippen molar-refractivity contribution < 1.29 is 13.2 Å². The van der Waals surface area contributed by atoms with Crippen LogP contribution in [0.15, 0.2) is 23.1 Å². The van der Waals surface area contributed by atoms with Gasteiger partial charge in [0.25, 0.3) is 0 Å². The molecule has 1 saturated carbocycles. The molecule has 20 heavy (non-hydrogen) atoms. The topological polar surface area (TPSA) is 67.4 Å². The first-order valence-corrected chi connectivity index (χ1v) is 8.33. The van der Waals surface area contributed by atoms with Gasteiger partial charge in [0.15, 0.2) is 0 Å². The zero-order valence-corrected chi connectivity index (χ0v) is 12.8. The van der Waals surface area contributed by atoms with Gasteiger partial charge in [0.05, 0.1) is 11.5 Å². The molecule has 0 spiro atoms. The van der Waals surface area contributed by atoms with Gasteiger partial charge in [-0.25, -0.2) is 13.1 Å². The van der Waals surface area contributed by atoms with Gasteiger partial charge in [-0.15, -0.1) is 0 Å². The fourth-order valence-corrected chi connectivity index (χ4v) is 2.97. The molecule has 0 bridgehead atoms. The third-order valence-corrected chi connectivity index (χ3v) is 4.85. The quantitative estimate of drug-likeness (QED) is 0.707. The van der Waals surface area contributed by atoms with Crippen molar-refractivity contribution >= 4 is 10.0 Å². The molecular formula is C14H22N2O3S. The van der Waals surface area contributed by atoms with Gasteiger partial charge in [0.1, 0.15) is 0 Å². The highest BCUT2D eigenvalue weighted by Crippen LogP contribution is 2.21. The van der Waals surface area contributed by atoms with Gasteiger partial charge >= 0.3 is 0 Å². The number of methoxy groups -OCH3 is 1. The van der Waals surface area contributed by atoms with Gasteiger partial charge in [-0.05, 0) is 43.0 Å². The fourth-order valence-electron chi connectivity index (χ4n) is 1.91. The molecule has 1 aromatic carbocycles. The molecule has 0 aromatic heterocycles. The van der Waals surface area contributed by atoms with Gasteiger partial charge in [-0.2, -0.15) is 0 Å². The van der Waals surface area contributed by atoms with Crippen molar-refractivity contribution in [2.24, 2.45) is 0 Å². The molecule has 0 atom stereocenters. The lowest BCUT2D eigenvalue weighted by atomic mass is 10.1. The van der Waals surface area contributed by atoms with Crippen LogP contribution in [0.5, 0.6) is 0 Å². The third-order valence-electron chi connectivity index (χ3n) is 3.39. The van der Waals surface area contributed by atoms with Crippen LogP contribution in [0.25, 0.3) is 0 Å². The predicted octanol–water partition coefficient (Wildman–Crippen LogP) is 1.17. The molecule has 5 nitrogen and oxygen atoms in total. The van der Waals surface area contributed by atoms with Crippen molar-refractivity contribution in [1.29, 1.82) is 0 Å². The van der Waals surface area contributed by atoms with Gasteiger partial charge in [-0.1, -0.05) is 6.07 Å². The summed E-state index contributed by atoms with van der Waals surface area (Å²) in [6.45, 7) is 3.36. The maximum Gasteiger partial charge on any atom is 0.240 e. The Labute approximate surface area is 120 Å². The summed E-state index contributed by atoms with van der Waals surface area (Å²) in [6.07, 6.45) is 2.44. The van der Waals surface area contributed by atoms with Crippen LogP contribution < -0.4 is 10.0 Å². The van der Waals surface area contributed by atoms with E-state index in [1.165, 1.54) is 12.8 Å². The molecule has 0 radical (unpaired) electrons. The third kappa shape index (κ3) is 4.28. The van der Waals surface area contributed by atoms with Crippen molar-refractivity contribution in [3.63, 3.8) is 0 Å². The Kier molecular flexibility index (Phi) is 5.15. The van der Waals surface area contributed by atoms with Crippen LogP contribution in [-0.2, 0) is 21.3 Å². The minimum atomic E-state index is -3.45. The van der Waals surface area contributed by atoms with Crippen LogP contribution in [0.2, 0.25) is 0 Å². The van der Waals surface area contributed by atoms with E-state index in [1.807, 2.05) is 13.0 Å². The number of hydrogen-bond donors (Lipinski definition) is 2. The first kappa shape index (κ1) is 15.4. The second-order valence-electron chi connectivity index (χ2n) is 5.13. The molecular weight excluding hydrogens is 276 g/mol. The number of rotatable bonds is 8. The Morgan fingerprint density at radius 3 is 2.75 bits per heavy atom. The zero-order chi connectivity index (χ0) is 14.6. The standard InChI is InChI=1S/C14H22N2O3S/c1-11-3-6-14(20(17,18)16-7-8-19-2)9-12(11)10-15-13-4-5-13/h3,6,9,13,15-16H,4-5,7-8,10H2,1-2H3. The SMILES string of the molecule is COCCNS(=O)(=O)c1ccc(C)c(CNC2CC2)c1. The minimum Gasteiger partial charge on any atom is -0.383 e. The molecule has 1 fully saturated rings. The van der Waals surface area contributed by atoms with E-state index in [0.717, 1.165) is 17.7 Å². The predicted molar refractivity (Wildman–Crippen MR) is 78.1 cm³/mol. The lowest BCUT2D eigenvalue weighted by molar-refractivity contribution is 0.204. The average molecular weight is 298 g/mol. The van der Waals surface area contributed by atoms with E-state index < -0.39 is 10.0 Å². The van der Waals surface area contributed by atoms with E-state index in [9.17, 15) is 8.42 Å². The molecule has 112 valence electrons. The number of sulfonamides is 1. The highest BCUT2D eigenvalue weighted by molar-refractivity contribution is 7.89. The largest absolute Gasteiger partial charge is 0.383 e. The fraction of sp³-hybridized carbons (Fsp3) is 0.571. The summed E-state index contributed by atoms with van der Waals surface area (Å²) >= 11 is 0. The van der Waals surface area contributed by atoms with Crippen LogP contribution in [0.3, 0.4) is 0 Å². The van der Waals surface area contributed by atoms with E-state index in [1.54, 1.807) is 19.2 Å². The van der Waals surface area contributed by atoms with E-state index in [4.69, 9.17) is 4.74 Å². The molecule has 1 aromatic rings. The van der Waals surface area contributed by atoms with E-state index in [0.29, 0.717) is 17.5 Å². The Balaban J connectivity index is 2.08. The smallest absolute Gasteiger partial charge is 0.240 e. The first-order valence-electron chi connectivity index (χ1n) is 6.84. The van der Waals surface area contributed by atoms with Crippen molar-refractivity contribution in [2.45, 2.75) is 37.2 Å². The molecule has 1 aliphatic carbocycles. The van der Waals surface area contributed by atoms with Crippen molar-refractivity contribution in [3.8, 4) is 0 Å². The highest BCUT2D eigenvalue weighted by atomic mass is 32.2. The molecule has 2 N–H and O–H groups in total. The van der Waals surface area contributed by atoms with Crippen molar-refractivity contribution in [1.82, 2.24) is 10.0 Å². The summed E-state index contributed by atoms with van der Waals surface area (Å²) in [5, 5.41) is 3.41. The van der Waals surface area contributed by atoms with E-state index in [2.05, 4.69) is 10.0 Å². The Bertz CT molecular complexity index is 554. The van der Waals surface area contributed by atoms with Gasteiger partial charge in [0.2, 0.25) is 10.0 Å². The zero-order valence-electron chi connectivity index (χ0n) is 12.0. The molecule has 0 unspecified atom stereocenters. The average Bonchev–Trinajstić information content (AvgIpc) is 3.22. The maximum atomic E-state index is 12.1. The van der Waals surface area contributed by atoms with Crippen molar-refractivity contribution in [3.05, 3.63) is 29.3 Å². The van der Waals surface area contributed by atoms with Crippen LogP contribution in [0.1, 0.15) is 24.0 Å². The Hall–Kier alpha value is -0.950. The second kappa shape index (κ2) is 6.67. The lowest BCUT2D eigenvalue weighted by Gasteiger charge is -2.11. The van der Waals surface area contributed by atoms with Crippen LogP contribution in [-0.4, -0.2) is 34.7 Å². The molecule has 2 rings (SSSR count). The first-order chi connectivity index (χ1) is 9.53. The molecule has 0 saturated heterocycles. The number of ether oxygens (including phenoxy) is 1. The van der Waals surface area contributed by atoms with Crippen LogP contribution >= 0.6 is 0 Å². The molecule has 0 aliphatic heterocycles. The van der Waals surface area contributed by atoms with Crippen LogP contribution in [0.4, 0.5) is 0 Å². The van der Waals surface area contributed by atoms with E-state index >= 15 is 0 Å². The normalized spacial score (nSPS) is 15.5. The summed E-state index contributed by atoms with van der Waals surface area (Å²) in [7, 11) is -1.91. The molecule has 0 heterocycles. The summed E-state index contributed by atoms with van der Waals surface area (Å²) in [5.74, 6) is 0. The summed E-state index contributed by atoms with van der Waals surface area (Å²) in [4.78, 5) is 0.312. The Morgan fingerprint density at radius 2 is 2.10 bits per heavy atom. The van der Waals surface area contributed by atoms with Crippen LogP contribution in [0, 0.1) is 6.92 Å². The number of aryl methyl sites for hydroxylation is 1. The van der Waals surface area contributed by atoms with E-state index in [-0.39, 0.29) is 6.54 Å². The molecule has 1 aliphatic rings. The Morgan fingerprint density at radius 1 is 1.35 bits per heavy atom. The summed E-state index contributed by atoms with van der Waals surface area (Å²) < 4.78 is 31.6. The van der Waals surface area contributed by atoms with Gasteiger partial charge in [0, 0.05) is 26.2 Å². The number of benzene rings is 1. The maximum absolute atomic E-state index is 12.1.